The molecule has 0 radical (unpaired) electrons. The maximum absolute atomic E-state index is 5.84. The molecule has 0 aliphatic carbocycles. The van der Waals surface area contributed by atoms with E-state index in [4.69, 9.17) is 21.7 Å². The second-order valence-electron chi connectivity index (χ2n) is 6.43. The van der Waals surface area contributed by atoms with Gasteiger partial charge in [0.2, 0.25) is 17.7 Å². The molecule has 3 rings (SSSR count). The van der Waals surface area contributed by atoms with E-state index in [0.717, 1.165) is 6.54 Å². The zero-order valence-corrected chi connectivity index (χ0v) is 16.6. The Morgan fingerprint density at radius 2 is 1.39 bits per heavy atom. The third-order valence-corrected chi connectivity index (χ3v) is 3.75. The quantitative estimate of drug-likeness (QED) is 0.546. The molecule has 0 aliphatic heterocycles. The van der Waals surface area contributed by atoms with E-state index >= 15 is 0 Å². The lowest BCUT2D eigenvalue weighted by Gasteiger charge is -2.13. The van der Waals surface area contributed by atoms with Crippen molar-refractivity contribution in [2.75, 3.05) is 11.9 Å². The second kappa shape index (κ2) is 9.66. The molecule has 3 aromatic rings. The van der Waals surface area contributed by atoms with Crippen LogP contribution in [-0.4, -0.2) is 21.6 Å². The summed E-state index contributed by atoms with van der Waals surface area (Å²) in [6, 6.07) is 20.4. The average Bonchev–Trinajstić information content (AvgIpc) is 2.68. The summed E-state index contributed by atoms with van der Waals surface area (Å²) >= 11 is 5.32. The van der Waals surface area contributed by atoms with Crippen LogP contribution in [-0.2, 0) is 0 Å². The van der Waals surface area contributed by atoms with E-state index in [1.165, 1.54) is 0 Å². The maximum atomic E-state index is 5.84. The van der Waals surface area contributed by atoms with Gasteiger partial charge in [0.25, 0.3) is 0 Å². The number of nitrogens with zero attached hydrogens (tertiary/aromatic N) is 2. The van der Waals surface area contributed by atoms with Crippen molar-refractivity contribution in [1.29, 1.82) is 0 Å². The highest BCUT2D eigenvalue weighted by atomic mass is 32.1. The predicted octanol–water partition coefficient (Wildman–Crippen LogP) is 5.00. The number of thiocarbonyl (C=S) groups is 1. The number of hydrogen-bond acceptors (Lipinski definition) is 5. The Hall–Kier alpha value is -3.19. The van der Waals surface area contributed by atoms with Crippen molar-refractivity contribution in [1.82, 2.24) is 15.3 Å². The van der Waals surface area contributed by atoms with Crippen LogP contribution in [0, 0.1) is 5.92 Å². The highest BCUT2D eigenvalue weighted by molar-refractivity contribution is 7.80. The first-order valence-electron chi connectivity index (χ1n) is 8.98. The molecular formula is C21H22N4O2S. The Morgan fingerprint density at radius 3 is 1.86 bits per heavy atom. The van der Waals surface area contributed by atoms with Gasteiger partial charge in [0.05, 0.1) is 6.07 Å². The van der Waals surface area contributed by atoms with Crippen molar-refractivity contribution < 1.29 is 9.47 Å². The number of ether oxygens (including phenoxy) is 2. The topological polar surface area (TPSA) is 68.3 Å². The molecule has 144 valence electrons. The molecule has 0 atom stereocenters. The molecule has 0 saturated carbocycles. The lowest BCUT2D eigenvalue weighted by atomic mass is 10.2. The van der Waals surface area contributed by atoms with E-state index in [-0.39, 0.29) is 0 Å². The Balaban J connectivity index is 1.81. The van der Waals surface area contributed by atoms with E-state index in [0.29, 0.717) is 40.2 Å². The molecule has 0 spiro atoms. The Kier molecular flexibility index (Phi) is 6.75. The summed E-state index contributed by atoms with van der Waals surface area (Å²) < 4.78 is 11.7. The lowest BCUT2D eigenvalue weighted by Crippen LogP contribution is -2.32. The van der Waals surface area contributed by atoms with Crippen LogP contribution in [0.2, 0.25) is 0 Å². The fraction of sp³-hybridized carbons (Fsp3) is 0.190. The van der Waals surface area contributed by atoms with Crippen LogP contribution in [0.1, 0.15) is 13.8 Å². The number of nitrogens with one attached hydrogen (secondary N) is 2. The maximum Gasteiger partial charge on any atom is 0.235 e. The molecular weight excluding hydrogens is 372 g/mol. The third-order valence-electron chi connectivity index (χ3n) is 3.51. The largest absolute Gasteiger partial charge is 0.439 e. The SMILES string of the molecule is CC(C)CNC(=S)Nc1nc(Oc2ccccc2)cc(Oc2ccccc2)n1. The standard InChI is InChI=1S/C21H22N4O2S/c1-15(2)14-22-21(28)25-20-23-18(26-16-9-5-3-6-10-16)13-19(24-20)27-17-11-7-4-8-12-17/h3-13,15H,14H2,1-2H3,(H2,22,23,24,25,28). The summed E-state index contributed by atoms with van der Waals surface area (Å²) in [7, 11) is 0. The van der Waals surface area contributed by atoms with Gasteiger partial charge >= 0.3 is 0 Å². The monoisotopic (exact) mass is 394 g/mol. The van der Waals surface area contributed by atoms with Gasteiger partial charge in [-0.3, -0.25) is 0 Å². The zero-order valence-electron chi connectivity index (χ0n) is 15.8. The van der Waals surface area contributed by atoms with E-state index in [2.05, 4.69) is 34.4 Å². The van der Waals surface area contributed by atoms with Crippen molar-refractivity contribution in [2.45, 2.75) is 13.8 Å². The van der Waals surface area contributed by atoms with Gasteiger partial charge in [-0.15, -0.1) is 0 Å². The van der Waals surface area contributed by atoms with E-state index in [9.17, 15) is 0 Å². The van der Waals surface area contributed by atoms with Crippen LogP contribution in [0.15, 0.2) is 66.7 Å². The van der Waals surface area contributed by atoms with E-state index < -0.39 is 0 Å². The summed E-state index contributed by atoms with van der Waals surface area (Å²) in [6.07, 6.45) is 0. The highest BCUT2D eigenvalue weighted by Gasteiger charge is 2.10. The molecule has 7 heteroatoms. The van der Waals surface area contributed by atoms with Crippen LogP contribution in [0.4, 0.5) is 5.95 Å². The average molecular weight is 395 g/mol. The van der Waals surface area contributed by atoms with Gasteiger partial charge in [0.1, 0.15) is 11.5 Å². The number of benzene rings is 2. The predicted molar refractivity (Wildman–Crippen MR) is 114 cm³/mol. The zero-order chi connectivity index (χ0) is 19.8. The second-order valence-corrected chi connectivity index (χ2v) is 6.84. The fourth-order valence-electron chi connectivity index (χ4n) is 2.23. The smallest absolute Gasteiger partial charge is 0.235 e. The molecule has 0 saturated heterocycles. The molecule has 0 fully saturated rings. The van der Waals surface area contributed by atoms with E-state index in [1.807, 2.05) is 60.7 Å². The first-order valence-corrected chi connectivity index (χ1v) is 9.39. The van der Waals surface area contributed by atoms with Crippen LogP contribution in [0.25, 0.3) is 0 Å². The van der Waals surface area contributed by atoms with Crippen molar-refractivity contribution in [3.63, 3.8) is 0 Å². The van der Waals surface area contributed by atoms with Crippen LogP contribution in [0.5, 0.6) is 23.3 Å². The molecule has 1 heterocycles. The van der Waals surface area contributed by atoms with Gasteiger partial charge < -0.3 is 20.1 Å². The van der Waals surface area contributed by atoms with Crippen LogP contribution in [0.3, 0.4) is 0 Å². The minimum absolute atomic E-state index is 0.292. The molecule has 2 aromatic carbocycles. The number of rotatable bonds is 7. The van der Waals surface area contributed by atoms with Gasteiger partial charge in [-0.2, -0.15) is 9.97 Å². The number of anilines is 1. The molecule has 6 nitrogen and oxygen atoms in total. The lowest BCUT2D eigenvalue weighted by molar-refractivity contribution is 0.435. The number of para-hydroxylation sites is 2. The van der Waals surface area contributed by atoms with Gasteiger partial charge in [-0.25, -0.2) is 0 Å². The third kappa shape index (κ3) is 6.21. The van der Waals surface area contributed by atoms with Crippen molar-refractivity contribution in [3.8, 4) is 23.3 Å². The molecule has 0 amide bonds. The first kappa shape index (κ1) is 19.6. The molecule has 1 aromatic heterocycles. The van der Waals surface area contributed by atoms with Gasteiger partial charge in [0, 0.05) is 6.54 Å². The molecule has 0 aliphatic rings. The van der Waals surface area contributed by atoms with E-state index in [1.54, 1.807) is 6.07 Å². The van der Waals surface area contributed by atoms with Gasteiger partial charge in [-0.1, -0.05) is 50.2 Å². The minimum atomic E-state index is 0.292. The Bertz CT molecular complexity index is 845. The number of aromatic nitrogens is 2. The van der Waals surface area contributed by atoms with Crippen LogP contribution >= 0.6 is 12.2 Å². The Labute approximate surface area is 169 Å². The first-order chi connectivity index (χ1) is 13.6. The summed E-state index contributed by atoms with van der Waals surface area (Å²) in [5.74, 6) is 2.78. The van der Waals surface area contributed by atoms with Gasteiger partial charge in [0.15, 0.2) is 5.11 Å². The fourth-order valence-corrected chi connectivity index (χ4v) is 2.40. The Morgan fingerprint density at radius 1 is 0.893 bits per heavy atom. The summed E-state index contributed by atoms with van der Waals surface area (Å²) in [6.45, 7) is 4.96. The summed E-state index contributed by atoms with van der Waals surface area (Å²) in [5.41, 5.74) is 0. The van der Waals surface area contributed by atoms with Crippen molar-refractivity contribution >= 4 is 23.3 Å². The highest BCUT2D eigenvalue weighted by Crippen LogP contribution is 2.26. The van der Waals surface area contributed by atoms with Gasteiger partial charge in [-0.05, 0) is 42.4 Å². The summed E-state index contributed by atoms with van der Waals surface area (Å²) in [5, 5.41) is 6.56. The molecule has 2 N–H and O–H groups in total. The molecule has 0 unspecified atom stereocenters. The normalized spacial score (nSPS) is 10.4. The molecule has 28 heavy (non-hydrogen) atoms. The minimum Gasteiger partial charge on any atom is -0.439 e. The summed E-state index contributed by atoms with van der Waals surface area (Å²) in [4.78, 5) is 8.77. The van der Waals surface area contributed by atoms with Crippen molar-refractivity contribution in [2.24, 2.45) is 5.92 Å². The van der Waals surface area contributed by atoms with Crippen molar-refractivity contribution in [3.05, 3.63) is 66.7 Å². The van der Waals surface area contributed by atoms with Crippen LogP contribution < -0.4 is 20.1 Å². The molecule has 0 bridgehead atoms. The number of hydrogen-bond donors (Lipinski definition) is 2.